The molecule has 1 heterocycles. The summed E-state index contributed by atoms with van der Waals surface area (Å²) in [6.45, 7) is 6.29. The summed E-state index contributed by atoms with van der Waals surface area (Å²) in [4.78, 5) is 1.05. The van der Waals surface area contributed by atoms with Crippen molar-refractivity contribution in [2.45, 2.75) is 38.6 Å². The second kappa shape index (κ2) is 6.38. The van der Waals surface area contributed by atoms with E-state index in [4.69, 9.17) is 11.6 Å². The Morgan fingerprint density at radius 1 is 1.38 bits per heavy atom. The molecule has 0 amide bonds. The Morgan fingerprint density at radius 3 is 2.71 bits per heavy atom. The number of hydrogen-bond donors (Lipinski definition) is 1. The summed E-state index contributed by atoms with van der Waals surface area (Å²) in [5, 5.41) is 8.02. The Kier molecular flexibility index (Phi) is 4.96. The van der Waals surface area contributed by atoms with Crippen LogP contribution in [0.25, 0.3) is 0 Å². The maximum Gasteiger partial charge on any atom is 0.126 e. The van der Waals surface area contributed by atoms with Gasteiger partial charge in [0.15, 0.2) is 0 Å². The summed E-state index contributed by atoms with van der Waals surface area (Å²) >= 11 is 7.32. The van der Waals surface area contributed by atoms with Crippen molar-refractivity contribution in [3.05, 3.63) is 45.2 Å². The second-order valence-electron chi connectivity index (χ2n) is 6.02. The molecule has 0 saturated heterocycles. The van der Waals surface area contributed by atoms with Gasteiger partial charge in [0, 0.05) is 16.5 Å². The van der Waals surface area contributed by atoms with Gasteiger partial charge in [0.25, 0.3) is 0 Å². The van der Waals surface area contributed by atoms with Crippen LogP contribution in [-0.4, -0.2) is 16.6 Å². The number of likely N-dealkylation sites (N-methyl/N-ethyl adjacent to an activating group) is 1. The minimum absolute atomic E-state index is 0.0350. The van der Waals surface area contributed by atoms with E-state index >= 15 is 0 Å². The van der Waals surface area contributed by atoms with E-state index in [-0.39, 0.29) is 17.3 Å². The summed E-state index contributed by atoms with van der Waals surface area (Å²) in [5.74, 6) is -0.241. The van der Waals surface area contributed by atoms with Gasteiger partial charge in [-0.05, 0) is 48.8 Å². The first-order valence-electron chi connectivity index (χ1n) is 6.77. The van der Waals surface area contributed by atoms with Gasteiger partial charge in [0.2, 0.25) is 0 Å². The van der Waals surface area contributed by atoms with Crippen LogP contribution in [0.5, 0.6) is 0 Å². The van der Waals surface area contributed by atoms with Crippen molar-refractivity contribution in [3.63, 3.8) is 0 Å². The molecule has 0 bridgehead atoms. The highest BCUT2D eigenvalue weighted by Gasteiger charge is 2.27. The Bertz CT molecular complexity index is 622. The maximum atomic E-state index is 13.9. The average molecular weight is 328 g/mol. The number of hydrogen-bond acceptors (Lipinski definition) is 4. The van der Waals surface area contributed by atoms with E-state index in [0.717, 1.165) is 10.6 Å². The fourth-order valence-corrected chi connectivity index (χ4v) is 3.36. The molecule has 0 aliphatic carbocycles. The predicted octanol–water partition coefficient (Wildman–Crippen LogP) is 4.13. The van der Waals surface area contributed by atoms with Crippen molar-refractivity contribution in [1.82, 2.24) is 14.9 Å². The predicted molar refractivity (Wildman–Crippen MR) is 85.5 cm³/mol. The van der Waals surface area contributed by atoms with Crippen molar-refractivity contribution >= 4 is 23.1 Å². The fourth-order valence-electron chi connectivity index (χ4n) is 2.19. The lowest BCUT2D eigenvalue weighted by molar-refractivity contribution is 0.522. The van der Waals surface area contributed by atoms with E-state index < -0.39 is 0 Å². The number of benzene rings is 1. The quantitative estimate of drug-likeness (QED) is 0.917. The van der Waals surface area contributed by atoms with Crippen LogP contribution >= 0.6 is 23.1 Å². The van der Waals surface area contributed by atoms with Crippen molar-refractivity contribution < 1.29 is 4.39 Å². The van der Waals surface area contributed by atoms with E-state index in [0.29, 0.717) is 17.0 Å². The molecule has 3 nitrogen and oxygen atoms in total. The topological polar surface area (TPSA) is 37.8 Å². The van der Waals surface area contributed by atoms with E-state index in [9.17, 15) is 4.39 Å². The molecule has 2 aromatic rings. The molecule has 1 atom stereocenters. The molecule has 1 aromatic heterocycles. The van der Waals surface area contributed by atoms with Crippen LogP contribution in [0.1, 0.15) is 42.9 Å². The molecule has 0 aliphatic rings. The summed E-state index contributed by atoms with van der Waals surface area (Å²) in [6, 6.07) is 4.60. The van der Waals surface area contributed by atoms with Crippen molar-refractivity contribution in [1.29, 1.82) is 0 Å². The van der Waals surface area contributed by atoms with Gasteiger partial charge in [0.05, 0.1) is 10.6 Å². The van der Waals surface area contributed by atoms with Crippen LogP contribution in [0.4, 0.5) is 4.39 Å². The number of nitrogens with zero attached hydrogens (tertiary/aromatic N) is 2. The lowest BCUT2D eigenvalue weighted by Gasteiger charge is -2.21. The molecule has 6 heteroatoms. The molecule has 1 unspecified atom stereocenters. The van der Waals surface area contributed by atoms with Gasteiger partial charge in [-0.15, -0.1) is 5.10 Å². The Hall–Kier alpha value is -1.04. The second-order valence-corrected chi connectivity index (χ2v) is 7.24. The van der Waals surface area contributed by atoms with Crippen LogP contribution < -0.4 is 5.32 Å². The Morgan fingerprint density at radius 2 is 2.10 bits per heavy atom. The largest absolute Gasteiger partial charge is 0.312 e. The smallest absolute Gasteiger partial charge is 0.126 e. The van der Waals surface area contributed by atoms with Crippen molar-refractivity contribution in [2.24, 2.45) is 0 Å². The third-order valence-electron chi connectivity index (χ3n) is 3.32. The fraction of sp³-hybridized carbons (Fsp3) is 0.467. The number of halogens is 2. The lowest BCUT2D eigenvalue weighted by Crippen LogP contribution is -2.23. The van der Waals surface area contributed by atoms with Crippen LogP contribution in [0.15, 0.2) is 18.2 Å². The van der Waals surface area contributed by atoms with Crippen molar-refractivity contribution in [3.8, 4) is 0 Å². The molecule has 0 fully saturated rings. The standard InChI is InChI=1S/C15H19ClFN3S/c1-15(2,3)14-13(21-20-19-14)12(18-4)8-9-7-10(16)5-6-11(9)17/h5-7,12,18H,8H2,1-4H3. The van der Waals surface area contributed by atoms with Gasteiger partial charge in [-0.1, -0.05) is 36.9 Å². The van der Waals surface area contributed by atoms with E-state index in [2.05, 4.69) is 35.7 Å². The minimum atomic E-state index is -0.241. The SMILES string of the molecule is CNC(Cc1cc(Cl)ccc1F)c1snnc1C(C)(C)C. The first kappa shape index (κ1) is 16.3. The third-order valence-corrected chi connectivity index (χ3v) is 4.39. The Balaban J connectivity index is 2.33. The van der Waals surface area contributed by atoms with Gasteiger partial charge in [-0.2, -0.15) is 0 Å². The summed E-state index contributed by atoms with van der Waals surface area (Å²) in [6.07, 6.45) is 0.510. The molecule has 1 N–H and O–H groups in total. The highest BCUT2D eigenvalue weighted by atomic mass is 35.5. The molecular formula is C15H19ClFN3S. The first-order chi connectivity index (χ1) is 9.82. The first-order valence-corrected chi connectivity index (χ1v) is 7.92. The van der Waals surface area contributed by atoms with E-state index in [1.807, 2.05) is 7.05 Å². The number of rotatable bonds is 4. The van der Waals surface area contributed by atoms with Gasteiger partial charge in [0.1, 0.15) is 5.82 Å². The number of nitrogens with one attached hydrogen (secondary N) is 1. The van der Waals surface area contributed by atoms with Crippen LogP contribution in [0, 0.1) is 5.82 Å². The Labute approximate surface area is 133 Å². The molecule has 0 saturated carbocycles. The molecule has 0 spiro atoms. The van der Waals surface area contributed by atoms with Gasteiger partial charge in [-0.25, -0.2) is 4.39 Å². The molecule has 0 aliphatic heterocycles. The molecule has 2 rings (SSSR count). The van der Waals surface area contributed by atoms with Crippen LogP contribution in [0.3, 0.4) is 0 Å². The zero-order valence-corrected chi connectivity index (χ0v) is 14.1. The van der Waals surface area contributed by atoms with Crippen LogP contribution in [-0.2, 0) is 11.8 Å². The van der Waals surface area contributed by atoms with E-state index in [1.54, 1.807) is 12.1 Å². The average Bonchev–Trinajstić information content (AvgIpc) is 2.89. The van der Waals surface area contributed by atoms with E-state index in [1.165, 1.54) is 17.6 Å². The monoisotopic (exact) mass is 327 g/mol. The van der Waals surface area contributed by atoms with Crippen LogP contribution in [0.2, 0.25) is 5.02 Å². The van der Waals surface area contributed by atoms with Gasteiger partial charge < -0.3 is 5.32 Å². The summed E-state index contributed by atoms with van der Waals surface area (Å²) < 4.78 is 18.0. The zero-order chi connectivity index (χ0) is 15.6. The highest BCUT2D eigenvalue weighted by molar-refractivity contribution is 7.05. The minimum Gasteiger partial charge on any atom is -0.312 e. The molecular weight excluding hydrogens is 309 g/mol. The number of aromatic nitrogens is 2. The normalized spacial score (nSPS) is 13.4. The summed E-state index contributed by atoms with van der Waals surface area (Å²) in [7, 11) is 1.86. The molecule has 0 radical (unpaired) electrons. The third kappa shape index (κ3) is 3.78. The maximum absolute atomic E-state index is 13.9. The lowest BCUT2D eigenvalue weighted by atomic mass is 9.89. The van der Waals surface area contributed by atoms with Crippen molar-refractivity contribution in [2.75, 3.05) is 7.05 Å². The van der Waals surface area contributed by atoms with Gasteiger partial charge in [-0.3, -0.25) is 0 Å². The molecule has 1 aromatic carbocycles. The summed E-state index contributed by atoms with van der Waals surface area (Å²) in [5.41, 5.74) is 1.45. The highest BCUT2D eigenvalue weighted by Crippen LogP contribution is 2.32. The zero-order valence-electron chi connectivity index (χ0n) is 12.6. The molecule has 21 heavy (non-hydrogen) atoms. The van der Waals surface area contributed by atoms with Gasteiger partial charge >= 0.3 is 0 Å². The molecule has 114 valence electrons.